The Bertz CT molecular complexity index is 949. The summed E-state index contributed by atoms with van der Waals surface area (Å²) in [5, 5.41) is 8.80. The Balaban J connectivity index is 1.79. The zero-order valence-electron chi connectivity index (χ0n) is 17.6. The number of hydrogen-bond donors (Lipinski definition) is 3. The first-order valence-electron chi connectivity index (χ1n) is 10.1. The van der Waals surface area contributed by atoms with Gasteiger partial charge in [-0.3, -0.25) is 14.9 Å². The van der Waals surface area contributed by atoms with Gasteiger partial charge < -0.3 is 15.4 Å². The molecule has 7 heteroatoms. The van der Waals surface area contributed by atoms with Crippen LogP contribution in [0.15, 0.2) is 47.5 Å². The van der Waals surface area contributed by atoms with E-state index in [0.29, 0.717) is 23.8 Å². The van der Waals surface area contributed by atoms with E-state index in [2.05, 4.69) is 20.9 Å². The van der Waals surface area contributed by atoms with Crippen molar-refractivity contribution >= 4 is 29.1 Å². The fourth-order valence-electron chi connectivity index (χ4n) is 3.23. The Labute approximate surface area is 176 Å². The first-order chi connectivity index (χ1) is 14.4. The average Bonchev–Trinajstić information content (AvgIpc) is 3.23. The summed E-state index contributed by atoms with van der Waals surface area (Å²) in [7, 11) is 0. The van der Waals surface area contributed by atoms with E-state index in [-0.39, 0.29) is 17.9 Å². The third-order valence-corrected chi connectivity index (χ3v) is 5.01. The van der Waals surface area contributed by atoms with Gasteiger partial charge in [-0.25, -0.2) is 4.99 Å². The molecule has 2 amide bonds. The summed E-state index contributed by atoms with van der Waals surface area (Å²) >= 11 is 0. The quantitative estimate of drug-likeness (QED) is 0.520. The first kappa shape index (κ1) is 21.5. The molecule has 0 spiro atoms. The van der Waals surface area contributed by atoms with Gasteiger partial charge in [-0.1, -0.05) is 18.2 Å². The highest BCUT2D eigenvalue weighted by Gasteiger charge is 2.17. The second kappa shape index (κ2) is 10.0. The number of nitrogens with zero attached hydrogens (tertiary/aromatic N) is 1. The molecular weight excluding hydrogens is 380 g/mol. The van der Waals surface area contributed by atoms with E-state index >= 15 is 0 Å². The van der Waals surface area contributed by atoms with Gasteiger partial charge in [-0.15, -0.1) is 0 Å². The molecule has 0 radical (unpaired) electrons. The van der Waals surface area contributed by atoms with Crippen molar-refractivity contribution in [2.24, 2.45) is 4.99 Å². The van der Waals surface area contributed by atoms with E-state index < -0.39 is 0 Å². The smallest absolute Gasteiger partial charge is 0.258 e. The lowest BCUT2D eigenvalue weighted by Crippen LogP contribution is -2.37. The summed E-state index contributed by atoms with van der Waals surface area (Å²) in [5.41, 5.74) is 4.11. The van der Waals surface area contributed by atoms with Crippen LogP contribution >= 0.6 is 0 Å². The molecule has 3 N–H and O–H groups in total. The van der Waals surface area contributed by atoms with E-state index in [0.717, 1.165) is 36.3 Å². The largest absolute Gasteiger partial charge is 0.376 e. The predicted molar refractivity (Wildman–Crippen MR) is 119 cm³/mol. The second-order valence-electron chi connectivity index (χ2n) is 7.41. The van der Waals surface area contributed by atoms with Gasteiger partial charge in [0.25, 0.3) is 5.91 Å². The van der Waals surface area contributed by atoms with Crippen molar-refractivity contribution in [2.45, 2.75) is 39.7 Å². The van der Waals surface area contributed by atoms with Crippen molar-refractivity contribution in [1.29, 1.82) is 0 Å². The van der Waals surface area contributed by atoms with Crippen LogP contribution in [0.3, 0.4) is 0 Å². The minimum Gasteiger partial charge on any atom is -0.376 e. The van der Waals surface area contributed by atoms with E-state index in [1.165, 1.54) is 6.92 Å². The average molecular weight is 409 g/mol. The van der Waals surface area contributed by atoms with Crippen LogP contribution in [0.2, 0.25) is 0 Å². The number of hydrogen-bond acceptors (Lipinski definition) is 4. The van der Waals surface area contributed by atoms with E-state index in [1.54, 1.807) is 24.3 Å². The number of amides is 2. The molecule has 1 fully saturated rings. The summed E-state index contributed by atoms with van der Waals surface area (Å²) in [6.45, 7) is 6.71. The van der Waals surface area contributed by atoms with Crippen molar-refractivity contribution in [3.63, 3.8) is 0 Å². The van der Waals surface area contributed by atoms with Crippen LogP contribution in [0.1, 0.15) is 41.3 Å². The highest BCUT2D eigenvalue weighted by atomic mass is 16.5. The molecular formula is C23H28N4O3. The fourth-order valence-corrected chi connectivity index (χ4v) is 3.23. The molecule has 2 aromatic carbocycles. The van der Waals surface area contributed by atoms with E-state index in [4.69, 9.17) is 4.74 Å². The minimum absolute atomic E-state index is 0.0698. The monoisotopic (exact) mass is 408 g/mol. The normalized spacial score (nSPS) is 16.2. The number of carbonyl (C=O) groups excluding carboxylic acids is 2. The molecule has 1 aliphatic rings. The molecule has 0 bridgehead atoms. The van der Waals surface area contributed by atoms with Crippen LogP contribution < -0.4 is 16.0 Å². The Morgan fingerprint density at radius 3 is 2.67 bits per heavy atom. The zero-order chi connectivity index (χ0) is 21.5. The number of benzene rings is 2. The van der Waals surface area contributed by atoms with Crippen molar-refractivity contribution in [3.05, 3.63) is 59.2 Å². The standard InChI is InChI=1S/C23H28N4O3/c1-15-7-4-11-21(16(15)2)26-23(24-14-20-10-6-12-30-20)27-22(29)18-8-5-9-19(13-18)25-17(3)28/h4-5,7-9,11,13,20H,6,10,12,14H2,1-3H3,(H,25,28)(H2,24,26,27,29)/t20-/m1/s1. The predicted octanol–water partition coefficient (Wildman–Crippen LogP) is 3.64. The van der Waals surface area contributed by atoms with E-state index in [1.807, 2.05) is 32.0 Å². The summed E-state index contributed by atoms with van der Waals surface area (Å²) in [4.78, 5) is 28.7. The molecule has 1 heterocycles. The highest BCUT2D eigenvalue weighted by Crippen LogP contribution is 2.18. The Kier molecular flexibility index (Phi) is 7.19. The Morgan fingerprint density at radius 2 is 1.93 bits per heavy atom. The molecule has 3 rings (SSSR count). The SMILES string of the molecule is CC(=O)Nc1cccc(C(=O)NC(=NC[C@H]2CCCO2)Nc2cccc(C)c2C)c1. The highest BCUT2D eigenvalue weighted by molar-refractivity contribution is 6.10. The van der Waals surface area contributed by atoms with Gasteiger partial charge in [0.15, 0.2) is 0 Å². The Morgan fingerprint density at radius 1 is 1.13 bits per heavy atom. The maximum absolute atomic E-state index is 12.9. The number of aryl methyl sites for hydroxylation is 1. The number of guanidine groups is 1. The molecule has 158 valence electrons. The molecule has 1 saturated heterocycles. The van der Waals surface area contributed by atoms with Gasteiger partial charge >= 0.3 is 0 Å². The topological polar surface area (TPSA) is 91.8 Å². The second-order valence-corrected chi connectivity index (χ2v) is 7.41. The molecule has 0 aromatic heterocycles. The Hall–Kier alpha value is -3.19. The van der Waals surface area contributed by atoms with Gasteiger partial charge in [-0.2, -0.15) is 0 Å². The van der Waals surface area contributed by atoms with Crippen LogP contribution in [-0.4, -0.2) is 37.0 Å². The van der Waals surface area contributed by atoms with Crippen molar-refractivity contribution in [3.8, 4) is 0 Å². The number of rotatable bonds is 5. The number of nitrogens with one attached hydrogen (secondary N) is 3. The van der Waals surface area contributed by atoms with Crippen molar-refractivity contribution in [1.82, 2.24) is 5.32 Å². The summed E-state index contributed by atoms with van der Waals surface area (Å²) < 4.78 is 5.65. The number of aliphatic imine (C=N–C) groups is 1. The van der Waals surface area contributed by atoms with Crippen molar-refractivity contribution in [2.75, 3.05) is 23.8 Å². The molecule has 0 unspecified atom stereocenters. The van der Waals surface area contributed by atoms with Gasteiger partial charge in [0.2, 0.25) is 11.9 Å². The molecule has 0 aliphatic carbocycles. The van der Waals surface area contributed by atoms with Crippen molar-refractivity contribution < 1.29 is 14.3 Å². The summed E-state index contributed by atoms with van der Waals surface area (Å²) in [5.74, 6) is -0.136. The summed E-state index contributed by atoms with van der Waals surface area (Å²) in [6, 6.07) is 12.7. The maximum atomic E-state index is 12.9. The minimum atomic E-state index is -0.314. The molecule has 0 saturated carbocycles. The lowest BCUT2D eigenvalue weighted by molar-refractivity contribution is -0.114. The lowest BCUT2D eigenvalue weighted by Gasteiger charge is -2.16. The molecule has 30 heavy (non-hydrogen) atoms. The van der Waals surface area contributed by atoms with Crippen LogP contribution in [0, 0.1) is 13.8 Å². The zero-order valence-corrected chi connectivity index (χ0v) is 17.6. The number of anilines is 2. The first-order valence-corrected chi connectivity index (χ1v) is 10.1. The fraction of sp³-hybridized carbons (Fsp3) is 0.348. The van der Waals surface area contributed by atoms with Gasteiger partial charge in [0.05, 0.1) is 12.6 Å². The van der Waals surface area contributed by atoms with Crippen LogP contribution in [-0.2, 0) is 9.53 Å². The number of carbonyl (C=O) groups is 2. The third kappa shape index (κ3) is 5.90. The number of ether oxygens (including phenoxy) is 1. The van der Waals surface area contributed by atoms with Gasteiger partial charge in [-0.05, 0) is 62.1 Å². The molecule has 1 atom stereocenters. The molecule has 2 aromatic rings. The molecule has 7 nitrogen and oxygen atoms in total. The lowest BCUT2D eigenvalue weighted by atomic mass is 10.1. The van der Waals surface area contributed by atoms with Gasteiger partial charge in [0.1, 0.15) is 0 Å². The maximum Gasteiger partial charge on any atom is 0.258 e. The van der Waals surface area contributed by atoms with E-state index in [9.17, 15) is 9.59 Å². The van der Waals surface area contributed by atoms with Crippen LogP contribution in [0.4, 0.5) is 11.4 Å². The van der Waals surface area contributed by atoms with Gasteiger partial charge in [0, 0.05) is 30.5 Å². The summed E-state index contributed by atoms with van der Waals surface area (Å²) in [6.07, 6.45) is 2.07. The van der Waals surface area contributed by atoms with Crippen LogP contribution in [0.25, 0.3) is 0 Å². The molecule has 1 aliphatic heterocycles. The van der Waals surface area contributed by atoms with Crippen LogP contribution in [0.5, 0.6) is 0 Å². The third-order valence-electron chi connectivity index (χ3n) is 5.01.